The smallest absolute Gasteiger partial charge is 0.335 e. The SMILES string of the molecule is CCc1ccccc1CCc1cccc(C(=O)O)c1C(C)(C)C. The molecule has 0 aliphatic heterocycles. The third-order valence-electron chi connectivity index (χ3n) is 4.29. The van der Waals surface area contributed by atoms with Crippen LogP contribution in [0.1, 0.15) is 60.3 Å². The molecule has 2 nitrogen and oxygen atoms in total. The molecule has 122 valence electrons. The van der Waals surface area contributed by atoms with Gasteiger partial charge in [-0.05, 0) is 53.0 Å². The van der Waals surface area contributed by atoms with Crippen molar-refractivity contribution in [1.82, 2.24) is 0 Å². The van der Waals surface area contributed by atoms with Crippen molar-refractivity contribution in [2.45, 2.75) is 52.4 Å². The maximum Gasteiger partial charge on any atom is 0.335 e. The van der Waals surface area contributed by atoms with Gasteiger partial charge < -0.3 is 5.11 Å². The quantitative estimate of drug-likeness (QED) is 0.841. The van der Waals surface area contributed by atoms with Gasteiger partial charge in [-0.25, -0.2) is 4.79 Å². The molecule has 1 N–H and O–H groups in total. The van der Waals surface area contributed by atoms with Crippen LogP contribution in [0.3, 0.4) is 0 Å². The molecule has 0 saturated heterocycles. The van der Waals surface area contributed by atoms with Crippen molar-refractivity contribution in [2.75, 3.05) is 0 Å². The minimum Gasteiger partial charge on any atom is -0.478 e. The summed E-state index contributed by atoms with van der Waals surface area (Å²) in [5.41, 5.74) is 5.08. The van der Waals surface area contributed by atoms with Crippen LogP contribution in [0.4, 0.5) is 0 Å². The lowest BCUT2D eigenvalue weighted by Gasteiger charge is -2.25. The minimum atomic E-state index is -0.842. The van der Waals surface area contributed by atoms with Gasteiger partial charge in [0.15, 0.2) is 0 Å². The second kappa shape index (κ2) is 6.99. The number of rotatable bonds is 5. The third-order valence-corrected chi connectivity index (χ3v) is 4.29. The Morgan fingerprint density at radius 2 is 1.48 bits per heavy atom. The Bertz CT molecular complexity index is 693. The predicted molar refractivity (Wildman–Crippen MR) is 95.3 cm³/mol. The summed E-state index contributed by atoms with van der Waals surface area (Å²) in [6, 6.07) is 14.2. The average molecular weight is 310 g/mol. The third kappa shape index (κ3) is 4.01. The molecule has 0 saturated carbocycles. The van der Waals surface area contributed by atoms with E-state index in [1.165, 1.54) is 11.1 Å². The molecule has 0 fully saturated rings. The normalized spacial score (nSPS) is 11.5. The number of hydrogen-bond acceptors (Lipinski definition) is 1. The summed E-state index contributed by atoms with van der Waals surface area (Å²) in [6.07, 6.45) is 2.83. The summed E-state index contributed by atoms with van der Waals surface area (Å²) in [4.78, 5) is 11.6. The van der Waals surface area contributed by atoms with E-state index in [-0.39, 0.29) is 5.41 Å². The Labute approximate surface area is 139 Å². The summed E-state index contributed by atoms with van der Waals surface area (Å²) in [7, 11) is 0. The summed E-state index contributed by atoms with van der Waals surface area (Å²) in [6.45, 7) is 8.42. The highest BCUT2D eigenvalue weighted by Gasteiger charge is 2.24. The van der Waals surface area contributed by atoms with Crippen LogP contribution in [-0.4, -0.2) is 11.1 Å². The number of carboxylic acid groups (broad SMARTS) is 1. The molecule has 0 aliphatic carbocycles. The number of carboxylic acids is 1. The monoisotopic (exact) mass is 310 g/mol. The maximum atomic E-state index is 11.6. The molecule has 0 heterocycles. The van der Waals surface area contributed by atoms with Gasteiger partial charge in [-0.3, -0.25) is 0 Å². The molecule has 0 amide bonds. The summed E-state index contributed by atoms with van der Waals surface area (Å²) in [5.74, 6) is -0.842. The van der Waals surface area contributed by atoms with E-state index in [0.29, 0.717) is 5.56 Å². The molecule has 2 aromatic rings. The van der Waals surface area contributed by atoms with E-state index in [4.69, 9.17) is 0 Å². The zero-order valence-corrected chi connectivity index (χ0v) is 14.5. The standard InChI is InChI=1S/C21H26O2/c1-5-15-9-6-7-10-16(15)13-14-17-11-8-12-18(20(22)23)19(17)21(2,3)4/h6-12H,5,13-14H2,1-4H3,(H,22,23). The van der Waals surface area contributed by atoms with Crippen LogP contribution in [0, 0.1) is 0 Å². The van der Waals surface area contributed by atoms with Gasteiger partial charge in [-0.1, -0.05) is 64.1 Å². The van der Waals surface area contributed by atoms with Crippen LogP contribution in [0.5, 0.6) is 0 Å². The lowest BCUT2D eigenvalue weighted by molar-refractivity contribution is 0.0694. The van der Waals surface area contributed by atoms with Crippen molar-refractivity contribution in [3.63, 3.8) is 0 Å². The number of hydrogen-bond donors (Lipinski definition) is 1. The average Bonchev–Trinajstić information content (AvgIpc) is 2.51. The Morgan fingerprint density at radius 1 is 0.913 bits per heavy atom. The molecule has 0 bridgehead atoms. The number of benzene rings is 2. The van der Waals surface area contributed by atoms with Crippen LogP contribution >= 0.6 is 0 Å². The van der Waals surface area contributed by atoms with Crippen molar-refractivity contribution in [3.05, 3.63) is 70.3 Å². The van der Waals surface area contributed by atoms with Gasteiger partial charge in [0.2, 0.25) is 0 Å². The van der Waals surface area contributed by atoms with Gasteiger partial charge in [0.25, 0.3) is 0 Å². The summed E-state index contributed by atoms with van der Waals surface area (Å²) < 4.78 is 0. The topological polar surface area (TPSA) is 37.3 Å². The van der Waals surface area contributed by atoms with Crippen molar-refractivity contribution >= 4 is 5.97 Å². The first-order chi connectivity index (χ1) is 10.8. The molecule has 0 radical (unpaired) electrons. The fourth-order valence-corrected chi connectivity index (χ4v) is 3.29. The molecule has 23 heavy (non-hydrogen) atoms. The molecule has 2 rings (SSSR count). The lowest BCUT2D eigenvalue weighted by Crippen LogP contribution is -2.20. The van der Waals surface area contributed by atoms with Gasteiger partial charge in [0, 0.05) is 0 Å². The van der Waals surface area contributed by atoms with Crippen molar-refractivity contribution in [2.24, 2.45) is 0 Å². The Morgan fingerprint density at radius 3 is 2.04 bits per heavy atom. The van der Waals surface area contributed by atoms with Crippen LogP contribution < -0.4 is 0 Å². The highest BCUT2D eigenvalue weighted by molar-refractivity contribution is 5.90. The van der Waals surface area contributed by atoms with Gasteiger partial charge in [-0.2, -0.15) is 0 Å². The van der Waals surface area contributed by atoms with E-state index in [1.807, 2.05) is 6.07 Å². The van der Waals surface area contributed by atoms with Crippen molar-refractivity contribution in [3.8, 4) is 0 Å². The fraction of sp³-hybridized carbons (Fsp3) is 0.381. The zero-order valence-electron chi connectivity index (χ0n) is 14.5. The van der Waals surface area contributed by atoms with E-state index < -0.39 is 5.97 Å². The molecule has 0 aliphatic rings. The Balaban J connectivity index is 2.37. The van der Waals surface area contributed by atoms with Crippen LogP contribution in [0.2, 0.25) is 0 Å². The first kappa shape index (κ1) is 17.3. The first-order valence-electron chi connectivity index (χ1n) is 8.27. The highest BCUT2D eigenvalue weighted by atomic mass is 16.4. The lowest BCUT2D eigenvalue weighted by atomic mass is 9.79. The number of aromatic carboxylic acids is 1. The second-order valence-corrected chi connectivity index (χ2v) is 7.02. The molecule has 0 atom stereocenters. The minimum absolute atomic E-state index is 0.186. The van der Waals surface area contributed by atoms with Crippen molar-refractivity contribution in [1.29, 1.82) is 0 Å². The molecule has 0 spiro atoms. The number of carbonyl (C=O) groups is 1. The summed E-state index contributed by atoms with van der Waals surface area (Å²) >= 11 is 0. The molecular formula is C21H26O2. The largest absolute Gasteiger partial charge is 0.478 e. The van der Waals surface area contributed by atoms with E-state index >= 15 is 0 Å². The van der Waals surface area contributed by atoms with Gasteiger partial charge in [0.05, 0.1) is 5.56 Å². The highest BCUT2D eigenvalue weighted by Crippen LogP contribution is 2.30. The van der Waals surface area contributed by atoms with Gasteiger partial charge in [0.1, 0.15) is 0 Å². The molecular weight excluding hydrogens is 284 g/mol. The van der Waals surface area contributed by atoms with Crippen LogP contribution in [0.15, 0.2) is 42.5 Å². The predicted octanol–water partition coefficient (Wildman–Crippen LogP) is 5.03. The maximum absolute atomic E-state index is 11.6. The molecule has 0 aromatic heterocycles. The Hall–Kier alpha value is -2.09. The van der Waals surface area contributed by atoms with Crippen LogP contribution in [-0.2, 0) is 24.7 Å². The zero-order chi connectivity index (χ0) is 17.0. The molecule has 2 heteroatoms. The molecule has 2 aromatic carbocycles. The van der Waals surface area contributed by atoms with Gasteiger partial charge in [-0.15, -0.1) is 0 Å². The van der Waals surface area contributed by atoms with Gasteiger partial charge >= 0.3 is 5.97 Å². The second-order valence-electron chi connectivity index (χ2n) is 7.02. The molecule has 0 unspecified atom stereocenters. The fourth-order valence-electron chi connectivity index (χ4n) is 3.29. The van der Waals surface area contributed by atoms with Crippen LogP contribution in [0.25, 0.3) is 0 Å². The van der Waals surface area contributed by atoms with E-state index in [9.17, 15) is 9.90 Å². The van der Waals surface area contributed by atoms with E-state index in [1.54, 1.807) is 6.07 Å². The number of aryl methyl sites for hydroxylation is 3. The van der Waals surface area contributed by atoms with Crippen molar-refractivity contribution < 1.29 is 9.90 Å². The Kier molecular flexibility index (Phi) is 5.25. The first-order valence-corrected chi connectivity index (χ1v) is 8.27. The van der Waals surface area contributed by atoms with E-state index in [0.717, 1.165) is 30.4 Å². The van der Waals surface area contributed by atoms with E-state index in [2.05, 4.69) is 58.0 Å². The summed E-state index contributed by atoms with van der Waals surface area (Å²) in [5, 5.41) is 9.52.